The monoisotopic (exact) mass is 396 g/mol. The molecule has 1 heterocycles. The molecule has 0 radical (unpaired) electrons. The van der Waals surface area contributed by atoms with E-state index in [1.807, 2.05) is 0 Å². The molecule has 0 aliphatic carbocycles. The van der Waals surface area contributed by atoms with Crippen molar-refractivity contribution in [2.75, 3.05) is 0 Å². The minimum absolute atomic E-state index is 0.373. The second-order valence-corrected chi connectivity index (χ2v) is 6.13. The van der Waals surface area contributed by atoms with E-state index in [1.165, 1.54) is 40.3 Å². The minimum Gasteiger partial charge on any atom is -0.854 e. The molecule has 3 rings (SSSR count). The Balaban J connectivity index is 1.74. The normalized spacial score (nSPS) is 12.4. The number of ether oxygens (including phenoxy) is 1. The topological polar surface area (TPSA) is 48.5 Å². The first-order valence-electron chi connectivity index (χ1n) is 7.60. The van der Waals surface area contributed by atoms with Crippen LogP contribution in [0.15, 0.2) is 70.7 Å². The van der Waals surface area contributed by atoms with E-state index in [1.54, 1.807) is 41.4 Å². The van der Waals surface area contributed by atoms with Gasteiger partial charge in [0.15, 0.2) is 0 Å². The maximum Gasteiger partial charge on any atom is 0.461 e. The molecule has 0 unspecified atom stereocenters. The van der Waals surface area contributed by atoms with E-state index in [4.69, 9.17) is 0 Å². The lowest BCUT2D eigenvalue weighted by Gasteiger charge is -2.17. The second kappa shape index (κ2) is 7.75. The summed E-state index contributed by atoms with van der Waals surface area (Å²) in [4.78, 5) is 0. The van der Waals surface area contributed by atoms with Crippen molar-refractivity contribution >= 4 is 17.2 Å². The first kappa shape index (κ1) is 18.8. The van der Waals surface area contributed by atoms with E-state index >= 15 is 0 Å². The van der Waals surface area contributed by atoms with Crippen LogP contribution in [0.5, 0.6) is 5.75 Å². The third-order valence-electron chi connectivity index (χ3n) is 3.49. The summed E-state index contributed by atoms with van der Waals surface area (Å²) in [5, 5.41) is 17.7. The summed E-state index contributed by atoms with van der Waals surface area (Å²) in [6.45, 7) is 0. The molecule has 9 heteroatoms. The van der Waals surface area contributed by atoms with Gasteiger partial charge in [0, 0.05) is 0 Å². The van der Waals surface area contributed by atoms with E-state index in [2.05, 4.69) is 9.84 Å². The minimum atomic E-state index is -4.55. The maximum absolute atomic E-state index is 12.9. The van der Waals surface area contributed by atoms with Crippen LogP contribution < -0.4 is 14.5 Å². The van der Waals surface area contributed by atoms with Crippen molar-refractivity contribution in [3.05, 3.63) is 71.2 Å². The van der Waals surface area contributed by atoms with Crippen molar-refractivity contribution in [2.24, 2.45) is 5.10 Å². The zero-order valence-electron chi connectivity index (χ0n) is 13.6. The molecule has 0 saturated heterocycles. The Morgan fingerprint density at radius 1 is 1.04 bits per heavy atom. The molecule has 0 spiro atoms. The van der Waals surface area contributed by atoms with Gasteiger partial charge in [-0.05, 0) is 38.6 Å². The molecule has 0 aliphatic heterocycles. The second-order valence-electron chi connectivity index (χ2n) is 5.38. The van der Waals surface area contributed by atoms with Crippen LogP contribution in [0.25, 0.3) is 11.1 Å². The van der Waals surface area contributed by atoms with Crippen molar-refractivity contribution in [1.82, 2.24) is 0 Å². The van der Waals surface area contributed by atoms with Crippen molar-refractivity contribution in [3.8, 4) is 16.9 Å². The molecule has 0 fully saturated rings. The highest BCUT2D eigenvalue weighted by Crippen LogP contribution is 2.29. The predicted molar refractivity (Wildman–Crippen MR) is 89.9 cm³/mol. The Kier molecular flexibility index (Phi) is 5.41. The molecule has 3 aromatic rings. The lowest BCUT2D eigenvalue weighted by Crippen LogP contribution is -2.33. The fourth-order valence-electron chi connectivity index (χ4n) is 2.17. The third kappa shape index (κ3) is 4.62. The molecule has 0 aliphatic rings. The lowest BCUT2D eigenvalue weighted by molar-refractivity contribution is -0.676. The van der Waals surface area contributed by atoms with Gasteiger partial charge in [-0.15, -0.1) is 0 Å². The third-order valence-corrected chi connectivity index (χ3v) is 4.11. The van der Waals surface area contributed by atoms with E-state index in [9.17, 15) is 22.7 Å². The molecule has 0 saturated carbocycles. The molecule has 0 N–H and O–H groups in total. The molecule has 0 bridgehead atoms. The van der Waals surface area contributed by atoms with Gasteiger partial charge in [0.25, 0.3) is 5.51 Å². The van der Waals surface area contributed by atoms with Gasteiger partial charge in [0.05, 0.1) is 11.3 Å². The van der Waals surface area contributed by atoms with E-state index in [0.29, 0.717) is 16.7 Å². The maximum atomic E-state index is 12.9. The predicted octanol–water partition coefficient (Wildman–Crippen LogP) is 3.51. The first-order valence-corrected chi connectivity index (χ1v) is 8.55. The van der Waals surface area contributed by atoms with Crippen LogP contribution in [0.1, 0.15) is 5.56 Å². The van der Waals surface area contributed by atoms with E-state index in [0.717, 1.165) is 0 Å². The van der Waals surface area contributed by atoms with E-state index in [-0.39, 0.29) is 5.75 Å². The fraction of sp³-hybridized carbons (Fsp3) is 0.111. The van der Waals surface area contributed by atoms with Crippen LogP contribution in [0, 0.1) is 0 Å². The highest BCUT2D eigenvalue weighted by molar-refractivity contribution is 7.07. The summed E-state index contributed by atoms with van der Waals surface area (Å²) < 4.78 is 55.5. The smallest absolute Gasteiger partial charge is 0.461 e. The zero-order chi connectivity index (χ0) is 19.4. The molecule has 27 heavy (non-hydrogen) atoms. The highest BCUT2D eigenvalue weighted by Gasteiger charge is 2.43. The SMILES string of the molecule is [O-]C(=N[n+]1ccsc1)c1ccc(-c2ccc(OC(F)(F)C(F)F)cc2)cc1. The molecule has 0 amide bonds. The van der Waals surface area contributed by atoms with Crippen molar-refractivity contribution in [1.29, 1.82) is 0 Å². The largest absolute Gasteiger partial charge is 0.854 e. The van der Waals surface area contributed by atoms with E-state index < -0.39 is 18.4 Å². The Hall–Kier alpha value is -2.94. The Morgan fingerprint density at radius 3 is 2.15 bits per heavy atom. The zero-order valence-corrected chi connectivity index (χ0v) is 14.4. The number of rotatable bonds is 6. The van der Waals surface area contributed by atoms with Gasteiger partial charge in [0.1, 0.15) is 5.75 Å². The van der Waals surface area contributed by atoms with Crippen LogP contribution in [0.2, 0.25) is 0 Å². The summed E-state index contributed by atoms with van der Waals surface area (Å²) in [6, 6.07) is 11.8. The van der Waals surface area contributed by atoms with Gasteiger partial charge < -0.3 is 9.84 Å². The fourth-order valence-corrected chi connectivity index (χ4v) is 2.68. The van der Waals surface area contributed by atoms with Gasteiger partial charge in [-0.2, -0.15) is 17.6 Å². The number of nitrogens with zero attached hydrogens (tertiary/aromatic N) is 2. The molecule has 2 aromatic carbocycles. The standard InChI is InChI=1S/C18H12F4N2O2S/c19-17(20)18(21,22)26-15-7-5-13(6-8-15)12-1-3-14(4-2-12)16(25)23-24-9-10-27-11-24/h1-11,17H. The van der Waals surface area contributed by atoms with Crippen molar-refractivity contribution in [2.45, 2.75) is 12.5 Å². The summed E-state index contributed by atoms with van der Waals surface area (Å²) >= 11 is 1.40. The molecular weight excluding hydrogens is 384 g/mol. The van der Waals surface area contributed by atoms with Gasteiger partial charge in [-0.25, -0.2) is 0 Å². The summed E-state index contributed by atoms with van der Waals surface area (Å²) in [5.74, 6) is -0.787. The number of aromatic nitrogens is 1. The lowest BCUT2D eigenvalue weighted by atomic mass is 10.0. The first-order chi connectivity index (χ1) is 12.8. The number of alkyl halides is 4. The van der Waals surface area contributed by atoms with Gasteiger partial charge >= 0.3 is 12.5 Å². The summed E-state index contributed by atoms with van der Waals surface area (Å²) in [5.41, 5.74) is 3.41. The number of halogens is 4. The molecule has 0 atom stereocenters. The number of thiazole rings is 1. The Labute approximate surface area is 155 Å². The van der Waals surface area contributed by atoms with Crippen LogP contribution in [-0.4, -0.2) is 18.4 Å². The molecule has 140 valence electrons. The van der Waals surface area contributed by atoms with Crippen molar-refractivity contribution in [3.63, 3.8) is 0 Å². The summed E-state index contributed by atoms with van der Waals surface area (Å²) in [7, 11) is 0. The molecular formula is C18H12F4N2O2S. The van der Waals surface area contributed by atoms with Crippen LogP contribution in [-0.2, 0) is 0 Å². The van der Waals surface area contributed by atoms with Crippen molar-refractivity contribution < 1.29 is 32.1 Å². The summed E-state index contributed by atoms with van der Waals surface area (Å²) in [6.07, 6.45) is -6.81. The molecule has 1 aromatic heterocycles. The van der Waals surface area contributed by atoms with Crippen LogP contribution in [0.3, 0.4) is 0 Å². The average Bonchev–Trinajstić information content (AvgIpc) is 3.15. The van der Waals surface area contributed by atoms with Crippen LogP contribution in [0.4, 0.5) is 17.6 Å². The van der Waals surface area contributed by atoms with Gasteiger partial charge in [0.2, 0.25) is 6.20 Å². The average molecular weight is 396 g/mol. The highest BCUT2D eigenvalue weighted by atomic mass is 32.1. The Bertz CT molecular complexity index is 912. The molecule has 4 nitrogen and oxygen atoms in total. The van der Waals surface area contributed by atoms with Gasteiger partial charge in [-0.1, -0.05) is 47.7 Å². The number of hydrogen-bond donors (Lipinski definition) is 0. The quantitative estimate of drug-likeness (QED) is 0.277. The van der Waals surface area contributed by atoms with Crippen LogP contribution >= 0.6 is 11.3 Å². The Morgan fingerprint density at radius 2 is 1.63 bits per heavy atom. The number of hydrogen-bond acceptors (Lipinski definition) is 4. The number of benzene rings is 2. The van der Waals surface area contributed by atoms with Gasteiger partial charge in [-0.3, -0.25) is 0 Å².